The molecular weight excluding hydrogens is 757 g/mol. The van der Waals surface area contributed by atoms with E-state index in [0.717, 1.165) is 11.4 Å². The topological polar surface area (TPSA) is 8.17 Å². The first-order chi connectivity index (χ1) is 30.3. The number of aromatic nitrogens is 1. The van der Waals surface area contributed by atoms with Gasteiger partial charge in [-0.3, -0.25) is 0 Å². The number of benzene rings is 10. The Balaban J connectivity index is 0.952. The molecule has 3 heteroatoms. The lowest BCUT2D eigenvalue weighted by Gasteiger charge is -2.28. The van der Waals surface area contributed by atoms with E-state index in [1.165, 1.54) is 97.5 Å². The maximum absolute atomic E-state index is 2.46. The molecule has 2 nitrogen and oxygen atoms in total. The van der Waals surface area contributed by atoms with Gasteiger partial charge in [-0.25, -0.2) is 0 Å². The van der Waals surface area contributed by atoms with Gasteiger partial charge in [-0.1, -0.05) is 176 Å². The maximum atomic E-state index is 2.46. The van der Waals surface area contributed by atoms with E-state index < -0.39 is 0 Å². The second-order valence-electron chi connectivity index (χ2n) is 15.7. The van der Waals surface area contributed by atoms with Gasteiger partial charge in [0.15, 0.2) is 0 Å². The van der Waals surface area contributed by atoms with Crippen molar-refractivity contribution in [3.63, 3.8) is 0 Å². The summed E-state index contributed by atoms with van der Waals surface area (Å²) in [7, 11) is 0. The Morgan fingerprint density at radius 2 is 0.885 bits per heavy atom. The number of para-hydroxylation sites is 4. The van der Waals surface area contributed by atoms with Crippen molar-refractivity contribution < 1.29 is 0 Å². The van der Waals surface area contributed by atoms with Crippen molar-refractivity contribution in [2.75, 3.05) is 4.90 Å². The third-order valence-electron chi connectivity index (χ3n) is 12.2. The highest BCUT2D eigenvalue weighted by Crippen LogP contribution is 2.47. The Morgan fingerprint density at radius 3 is 1.66 bits per heavy atom. The van der Waals surface area contributed by atoms with Crippen molar-refractivity contribution >= 4 is 81.1 Å². The average molecular weight is 795 g/mol. The Bertz CT molecular complexity index is 3540. The van der Waals surface area contributed by atoms with Gasteiger partial charge in [-0.2, -0.15) is 0 Å². The molecule has 0 unspecified atom stereocenters. The van der Waals surface area contributed by atoms with Crippen LogP contribution >= 0.6 is 11.3 Å². The molecule has 0 atom stereocenters. The fourth-order valence-corrected chi connectivity index (χ4v) is 10.5. The van der Waals surface area contributed by atoms with E-state index >= 15 is 0 Å². The SMILES string of the molecule is c1ccc(N(c2ccc(-c3ccc(-c4ccccc4-n4c5ccccc5c5ccccc54)cc3)cc2)c2cccc3c2sc2ccccc23)c(-c2ccc3ccccc3c2)c1. The second kappa shape index (κ2) is 14.5. The molecule has 0 saturated heterocycles. The lowest BCUT2D eigenvalue weighted by molar-refractivity contribution is 1.18. The van der Waals surface area contributed by atoms with Crippen LogP contribution in [0.15, 0.2) is 231 Å². The highest BCUT2D eigenvalue weighted by molar-refractivity contribution is 7.26. The van der Waals surface area contributed by atoms with Crippen LogP contribution in [0.1, 0.15) is 0 Å². The molecule has 0 bridgehead atoms. The van der Waals surface area contributed by atoms with Crippen LogP contribution in [0.25, 0.3) is 91.8 Å². The Labute approximate surface area is 358 Å². The third-order valence-corrected chi connectivity index (χ3v) is 13.4. The van der Waals surface area contributed by atoms with Crippen LogP contribution < -0.4 is 4.90 Å². The lowest BCUT2D eigenvalue weighted by atomic mass is 9.97. The van der Waals surface area contributed by atoms with E-state index in [0.29, 0.717) is 0 Å². The molecule has 0 radical (unpaired) electrons. The smallest absolute Gasteiger partial charge is 0.0640 e. The number of nitrogens with zero attached hydrogens (tertiary/aromatic N) is 2. The van der Waals surface area contributed by atoms with Gasteiger partial charge >= 0.3 is 0 Å². The first-order valence-corrected chi connectivity index (χ1v) is 21.7. The summed E-state index contributed by atoms with van der Waals surface area (Å²) in [5.74, 6) is 0. The standard InChI is InChI=1S/C58H38N2S/c1-2-15-43-38-44(33-30-39(43)14-1)47-17-4-8-22-52(47)59(56-26-13-21-51-50-20-7-12-27-57(50)61-58(51)56)45-36-34-41(35-37-45)40-28-31-42(32-29-40)46-16-3-9-23-53(46)60-54-24-10-5-18-48(54)49-19-6-11-25-55(49)60/h1-38H. The van der Waals surface area contributed by atoms with Crippen LogP contribution in [-0.2, 0) is 0 Å². The Kier molecular flexibility index (Phi) is 8.39. The molecule has 0 saturated carbocycles. The Hall–Kier alpha value is -7.72. The molecule has 12 aromatic rings. The van der Waals surface area contributed by atoms with Crippen molar-refractivity contribution in [2.24, 2.45) is 0 Å². The summed E-state index contributed by atoms with van der Waals surface area (Å²) in [6, 6.07) is 84.1. The van der Waals surface area contributed by atoms with Gasteiger partial charge in [-0.15, -0.1) is 11.3 Å². The van der Waals surface area contributed by atoms with Gasteiger partial charge in [0.25, 0.3) is 0 Å². The minimum Gasteiger partial charge on any atom is -0.309 e. The normalized spacial score (nSPS) is 11.6. The first-order valence-electron chi connectivity index (χ1n) is 20.8. The molecule has 61 heavy (non-hydrogen) atoms. The monoisotopic (exact) mass is 794 g/mol. The van der Waals surface area contributed by atoms with E-state index in [-0.39, 0.29) is 0 Å². The highest BCUT2D eigenvalue weighted by atomic mass is 32.1. The number of rotatable bonds is 7. The molecule has 0 aliphatic carbocycles. The molecule has 12 rings (SSSR count). The summed E-state index contributed by atoms with van der Waals surface area (Å²) in [4.78, 5) is 2.46. The lowest BCUT2D eigenvalue weighted by Crippen LogP contribution is -2.11. The second-order valence-corrected chi connectivity index (χ2v) is 16.7. The van der Waals surface area contributed by atoms with Crippen molar-refractivity contribution in [2.45, 2.75) is 0 Å². The van der Waals surface area contributed by atoms with Crippen molar-refractivity contribution in [1.82, 2.24) is 4.57 Å². The van der Waals surface area contributed by atoms with Crippen molar-refractivity contribution in [3.05, 3.63) is 231 Å². The maximum Gasteiger partial charge on any atom is 0.0640 e. The summed E-state index contributed by atoms with van der Waals surface area (Å²) >= 11 is 1.87. The number of hydrogen-bond donors (Lipinski definition) is 0. The molecule has 0 amide bonds. The summed E-state index contributed by atoms with van der Waals surface area (Å²) in [6.45, 7) is 0. The van der Waals surface area contributed by atoms with Crippen LogP contribution in [0.3, 0.4) is 0 Å². The zero-order valence-electron chi connectivity index (χ0n) is 33.2. The van der Waals surface area contributed by atoms with E-state index in [1.807, 2.05) is 11.3 Å². The van der Waals surface area contributed by atoms with Crippen LogP contribution in [0.4, 0.5) is 17.1 Å². The van der Waals surface area contributed by atoms with Crippen molar-refractivity contribution in [1.29, 1.82) is 0 Å². The fourth-order valence-electron chi connectivity index (χ4n) is 9.33. The molecular formula is C58H38N2S. The number of anilines is 3. The molecule has 0 spiro atoms. The molecule has 286 valence electrons. The minimum absolute atomic E-state index is 1.11. The predicted molar refractivity (Wildman–Crippen MR) is 262 cm³/mol. The van der Waals surface area contributed by atoms with Gasteiger partial charge in [-0.05, 0) is 87.6 Å². The number of fused-ring (bicyclic) bond motifs is 7. The zero-order valence-corrected chi connectivity index (χ0v) is 34.1. The van der Waals surface area contributed by atoms with Gasteiger partial charge in [0, 0.05) is 43.1 Å². The summed E-state index contributed by atoms with van der Waals surface area (Å²) in [6.07, 6.45) is 0. The van der Waals surface area contributed by atoms with Crippen LogP contribution in [0, 0.1) is 0 Å². The third kappa shape index (κ3) is 5.93. The molecule has 0 aliphatic heterocycles. The zero-order chi connectivity index (χ0) is 40.3. The van der Waals surface area contributed by atoms with Gasteiger partial charge in [0.05, 0.1) is 32.8 Å². The molecule has 0 aliphatic rings. The van der Waals surface area contributed by atoms with E-state index in [1.54, 1.807) is 0 Å². The molecule has 0 fully saturated rings. The summed E-state index contributed by atoms with van der Waals surface area (Å²) in [5, 5.41) is 7.59. The molecule has 0 N–H and O–H groups in total. The summed E-state index contributed by atoms with van der Waals surface area (Å²) in [5.41, 5.74) is 14.1. The first kappa shape index (κ1) is 35.2. The van der Waals surface area contributed by atoms with Crippen molar-refractivity contribution in [3.8, 4) is 39.1 Å². The Morgan fingerprint density at radius 1 is 0.344 bits per heavy atom. The molecule has 10 aromatic carbocycles. The van der Waals surface area contributed by atoms with Gasteiger partial charge in [0.2, 0.25) is 0 Å². The van der Waals surface area contributed by atoms with Gasteiger partial charge < -0.3 is 9.47 Å². The van der Waals surface area contributed by atoms with E-state index in [2.05, 4.69) is 240 Å². The van der Waals surface area contributed by atoms with Crippen LogP contribution in [0.2, 0.25) is 0 Å². The van der Waals surface area contributed by atoms with E-state index in [4.69, 9.17) is 0 Å². The predicted octanol–water partition coefficient (Wildman–Crippen LogP) is 16.8. The largest absolute Gasteiger partial charge is 0.309 e. The molecule has 2 heterocycles. The fraction of sp³-hybridized carbons (Fsp3) is 0. The number of thiophene rings is 1. The van der Waals surface area contributed by atoms with Crippen LogP contribution in [-0.4, -0.2) is 4.57 Å². The minimum atomic E-state index is 1.11. The molecule has 2 aromatic heterocycles. The number of hydrogen-bond acceptors (Lipinski definition) is 2. The quantitative estimate of drug-likeness (QED) is 0.156. The van der Waals surface area contributed by atoms with Gasteiger partial charge in [0.1, 0.15) is 0 Å². The highest BCUT2D eigenvalue weighted by Gasteiger charge is 2.21. The average Bonchev–Trinajstić information content (AvgIpc) is 3.88. The van der Waals surface area contributed by atoms with Crippen LogP contribution in [0.5, 0.6) is 0 Å². The van der Waals surface area contributed by atoms with E-state index in [9.17, 15) is 0 Å². The summed E-state index contributed by atoms with van der Waals surface area (Å²) < 4.78 is 4.98.